The van der Waals surface area contributed by atoms with Crippen molar-refractivity contribution >= 4 is 22.9 Å². The van der Waals surface area contributed by atoms with Crippen molar-refractivity contribution in [1.82, 2.24) is 0 Å². The number of para-hydroxylation sites is 1. The summed E-state index contributed by atoms with van der Waals surface area (Å²) >= 11 is 1.84. The number of benzene rings is 1. The molecule has 1 aliphatic heterocycles. The highest BCUT2D eigenvalue weighted by atomic mass is 32.1. The van der Waals surface area contributed by atoms with Crippen LogP contribution in [0.5, 0.6) is 0 Å². The fourth-order valence-electron chi connectivity index (χ4n) is 3.01. The Hall–Kier alpha value is -1.65. The summed E-state index contributed by atoms with van der Waals surface area (Å²) in [6.07, 6.45) is 1.09. The first kappa shape index (κ1) is 14.3. The molecule has 0 bridgehead atoms. The fraction of sp³-hybridized carbons (Fsp3) is 0.353. The van der Waals surface area contributed by atoms with E-state index in [1.165, 1.54) is 15.3 Å². The summed E-state index contributed by atoms with van der Waals surface area (Å²) in [7, 11) is 0. The first-order valence-electron chi connectivity index (χ1n) is 7.41. The average molecular weight is 301 g/mol. The maximum absolute atomic E-state index is 12.3. The third-order valence-electron chi connectivity index (χ3n) is 4.34. The number of carbonyl (C=O) groups excluding carboxylic acids is 1. The second kappa shape index (κ2) is 6.00. The van der Waals surface area contributed by atoms with Gasteiger partial charge in [0.1, 0.15) is 6.04 Å². The van der Waals surface area contributed by atoms with Gasteiger partial charge in [0, 0.05) is 22.5 Å². The predicted molar refractivity (Wildman–Crippen MR) is 86.9 cm³/mol. The number of hydrogen-bond donors (Lipinski definition) is 2. The van der Waals surface area contributed by atoms with Crippen molar-refractivity contribution in [3.05, 3.63) is 51.7 Å². The van der Waals surface area contributed by atoms with E-state index < -0.39 is 0 Å². The van der Waals surface area contributed by atoms with Gasteiger partial charge in [-0.25, -0.2) is 0 Å². The van der Waals surface area contributed by atoms with Gasteiger partial charge < -0.3 is 10.2 Å². The van der Waals surface area contributed by atoms with Gasteiger partial charge in [-0.3, -0.25) is 4.79 Å². The smallest absolute Gasteiger partial charge is 0.279 e. The van der Waals surface area contributed by atoms with Crippen LogP contribution in [0, 0.1) is 6.92 Å². The summed E-state index contributed by atoms with van der Waals surface area (Å²) in [4.78, 5) is 15.1. The first-order chi connectivity index (χ1) is 10.1. The van der Waals surface area contributed by atoms with Gasteiger partial charge in [-0.15, -0.1) is 11.3 Å². The molecule has 1 amide bonds. The van der Waals surface area contributed by atoms with E-state index in [9.17, 15) is 4.79 Å². The number of hydrogen-bond acceptors (Lipinski definition) is 2. The first-order valence-corrected chi connectivity index (χ1v) is 8.29. The molecule has 1 aromatic carbocycles. The lowest BCUT2D eigenvalue weighted by molar-refractivity contribution is -0.923. The molecule has 2 aromatic rings. The molecule has 2 N–H and O–H groups in total. The van der Waals surface area contributed by atoms with E-state index in [1.54, 1.807) is 0 Å². The molecule has 3 rings (SSSR count). The highest BCUT2D eigenvalue weighted by molar-refractivity contribution is 7.10. The zero-order chi connectivity index (χ0) is 14.8. The van der Waals surface area contributed by atoms with Gasteiger partial charge in [0.15, 0.2) is 6.54 Å². The minimum atomic E-state index is 0.102. The summed E-state index contributed by atoms with van der Waals surface area (Å²) in [6, 6.07) is 10.5. The van der Waals surface area contributed by atoms with E-state index in [4.69, 9.17) is 0 Å². The van der Waals surface area contributed by atoms with Crippen molar-refractivity contribution in [2.45, 2.75) is 26.3 Å². The van der Waals surface area contributed by atoms with Crippen LogP contribution in [0.15, 0.2) is 35.7 Å². The van der Waals surface area contributed by atoms with E-state index in [-0.39, 0.29) is 5.91 Å². The lowest BCUT2D eigenvalue weighted by atomic mass is 10.0. The van der Waals surface area contributed by atoms with E-state index >= 15 is 0 Å². The van der Waals surface area contributed by atoms with Crippen LogP contribution in [0.4, 0.5) is 5.69 Å². The fourth-order valence-corrected chi connectivity index (χ4v) is 3.99. The van der Waals surface area contributed by atoms with Gasteiger partial charge in [-0.05, 0) is 36.9 Å². The van der Waals surface area contributed by atoms with Crippen LogP contribution in [0.25, 0.3) is 0 Å². The summed E-state index contributed by atoms with van der Waals surface area (Å²) in [5, 5.41) is 5.20. The maximum atomic E-state index is 12.3. The molecule has 3 nitrogen and oxygen atoms in total. The standard InChI is InChI=1S/C17H20N2OS/c1-12-5-3-4-6-15(12)18-17(20)11-19-9-7-16-14(13(19)2)8-10-21-16/h3-6,8,10,13H,7,9,11H2,1-2H3,(H,18,20)/p+1/t13-/m1/s1. The number of thiophene rings is 1. The zero-order valence-electron chi connectivity index (χ0n) is 12.5. The van der Waals surface area contributed by atoms with Crippen LogP contribution < -0.4 is 10.2 Å². The molecule has 0 fully saturated rings. The Kier molecular flexibility index (Phi) is 4.08. The lowest BCUT2D eigenvalue weighted by Crippen LogP contribution is -3.14. The number of fused-ring (bicyclic) bond motifs is 1. The van der Waals surface area contributed by atoms with Gasteiger partial charge in [0.2, 0.25) is 0 Å². The molecular weight excluding hydrogens is 280 g/mol. The molecule has 0 aliphatic carbocycles. The minimum absolute atomic E-state index is 0.102. The Morgan fingerprint density at radius 3 is 3.00 bits per heavy atom. The third kappa shape index (κ3) is 3.01. The number of carbonyl (C=O) groups is 1. The van der Waals surface area contributed by atoms with Crippen LogP contribution in [-0.4, -0.2) is 19.0 Å². The molecule has 0 spiro atoms. The van der Waals surface area contributed by atoms with Crippen LogP contribution in [0.2, 0.25) is 0 Å². The molecule has 110 valence electrons. The molecule has 0 saturated carbocycles. The predicted octanol–water partition coefficient (Wildman–Crippen LogP) is 2.20. The number of anilines is 1. The van der Waals surface area contributed by atoms with Crippen molar-refractivity contribution in [3.63, 3.8) is 0 Å². The number of nitrogens with one attached hydrogen (secondary N) is 2. The summed E-state index contributed by atoms with van der Waals surface area (Å²) in [6.45, 7) is 5.81. The Morgan fingerprint density at radius 1 is 1.38 bits per heavy atom. The van der Waals surface area contributed by atoms with Crippen molar-refractivity contribution in [2.75, 3.05) is 18.4 Å². The number of rotatable bonds is 3. The molecule has 1 unspecified atom stereocenters. The van der Waals surface area contributed by atoms with Crippen LogP contribution >= 0.6 is 11.3 Å². The highest BCUT2D eigenvalue weighted by Crippen LogP contribution is 2.24. The van der Waals surface area contributed by atoms with Gasteiger partial charge in [-0.1, -0.05) is 18.2 Å². The van der Waals surface area contributed by atoms with Crippen molar-refractivity contribution in [2.24, 2.45) is 0 Å². The lowest BCUT2D eigenvalue weighted by Gasteiger charge is -2.29. The average Bonchev–Trinajstić information content (AvgIpc) is 2.94. The van der Waals surface area contributed by atoms with Gasteiger partial charge >= 0.3 is 0 Å². The van der Waals surface area contributed by atoms with E-state index in [1.807, 2.05) is 42.5 Å². The molecule has 4 heteroatoms. The SMILES string of the molecule is Cc1ccccc1NC(=O)C[NH+]1CCc2sccc2[C@H]1C. The van der Waals surface area contributed by atoms with Crippen LogP contribution in [0.3, 0.4) is 0 Å². The molecule has 0 saturated heterocycles. The van der Waals surface area contributed by atoms with Crippen molar-refractivity contribution < 1.29 is 9.69 Å². The monoisotopic (exact) mass is 301 g/mol. The van der Waals surface area contributed by atoms with E-state index in [0.717, 1.165) is 24.2 Å². The molecule has 2 atom stereocenters. The number of aryl methyl sites for hydroxylation is 1. The quantitative estimate of drug-likeness (QED) is 0.895. The molecule has 1 aromatic heterocycles. The summed E-state index contributed by atoms with van der Waals surface area (Å²) in [5.74, 6) is 0.102. The van der Waals surface area contributed by atoms with Crippen molar-refractivity contribution in [1.29, 1.82) is 0 Å². The Labute approximate surface area is 129 Å². The Bertz CT molecular complexity index is 650. The second-order valence-corrected chi connectivity index (χ2v) is 6.72. The molecule has 21 heavy (non-hydrogen) atoms. The van der Waals surface area contributed by atoms with Crippen LogP contribution in [-0.2, 0) is 11.2 Å². The number of quaternary nitrogens is 1. The van der Waals surface area contributed by atoms with Gasteiger partial charge in [0.25, 0.3) is 5.91 Å². The number of amides is 1. The zero-order valence-corrected chi connectivity index (χ0v) is 13.3. The Morgan fingerprint density at radius 2 is 2.19 bits per heavy atom. The minimum Gasteiger partial charge on any atom is -0.321 e. The topological polar surface area (TPSA) is 33.5 Å². The molecular formula is C17H21N2OS+. The van der Waals surface area contributed by atoms with Crippen LogP contribution in [0.1, 0.15) is 29.0 Å². The second-order valence-electron chi connectivity index (χ2n) is 5.72. The van der Waals surface area contributed by atoms with Crippen molar-refractivity contribution in [3.8, 4) is 0 Å². The normalized spacial score (nSPS) is 20.9. The highest BCUT2D eigenvalue weighted by Gasteiger charge is 2.29. The summed E-state index contributed by atoms with van der Waals surface area (Å²) < 4.78 is 0. The van der Waals surface area contributed by atoms with Gasteiger partial charge in [0.05, 0.1) is 6.54 Å². The summed E-state index contributed by atoms with van der Waals surface area (Å²) in [5.41, 5.74) is 3.44. The third-order valence-corrected chi connectivity index (χ3v) is 5.34. The van der Waals surface area contributed by atoms with Gasteiger partial charge in [-0.2, -0.15) is 0 Å². The van der Waals surface area contributed by atoms with E-state index in [0.29, 0.717) is 12.6 Å². The molecule has 1 aliphatic rings. The Balaban J connectivity index is 1.65. The molecule has 0 radical (unpaired) electrons. The van der Waals surface area contributed by atoms with E-state index in [2.05, 4.69) is 23.7 Å². The maximum Gasteiger partial charge on any atom is 0.279 e. The molecule has 2 heterocycles. The largest absolute Gasteiger partial charge is 0.321 e.